The van der Waals surface area contributed by atoms with Gasteiger partial charge in [-0.2, -0.15) is 8.42 Å². The summed E-state index contributed by atoms with van der Waals surface area (Å²) in [6, 6.07) is 2.79. The Labute approximate surface area is 72.0 Å². The Balaban J connectivity index is 2.96. The van der Waals surface area contributed by atoms with Crippen molar-refractivity contribution >= 4 is 21.4 Å². The van der Waals surface area contributed by atoms with Gasteiger partial charge in [-0.25, -0.2) is 10.1 Å². The van der Waals surface area contributed by atoms with E-state index in [4.69, 9.17) is 0 Å². The Bertz CT molecular complexity index is 368. The average molecular weight is 208 g/mol. The van der Waals surface area contributed by atoms with Crippen molar-refractivity contribution in [3.05, 3.63) is 27.6 Å². The molecule has 0 aromatic carbocycles. The monoisotopic (exact) mass is 208 g/mol. The fourth-order valence-corrected chi connectivity index (χ4v) is 2.34. The first-order valence-corrected chi connectivity index (χ1v) is 5.09. The molecule has 6 nitrogen and oxygen atoms in total. The van der Waals surface area contributed by atoms with Crippen molar-refractivity contribution in [2.24, 2.45) is 0 Å². The fraction of sp³-hybridized carbons (Fsp3) is 0. The number of rotatable bonds is 3. The van der Waals surface area contributed by atoms with Crippen LogP contribution in [0, 0.1) is 10.1 Å². The maximum atomic E-state index is 11.0. The molecule has 0 aliphatic heterocycles. The molecule has 0 unspecified atom stereocenters. The lowest BCUT2D eigenvalue weighted by Crippen LogP contribution is -2.28. The van der Waals surface area contributed by atoms with E-state index in [1.165, 1.54) is 22.3 Å². The van der Waals surface area contributed by atoms with E-state index in [1.807, 2.05) is 0 Å². The molecule has 8 heteroatoms. The number of nitro groups is 1. The van der Waals surface area contributed by atoms with Crippen molar-refractivity contribution in [1.82, 2.24) is 4.83 Å². The van der Waals surface area contributed by atoms with Crippen LogP contribution in [0.5, 0.6) is 0 Å². The van der Waals surface area contributed by atoms with Crippen LogP contribution >= 0.6 is 11.3 Å². The summed E-state index contributed by atoms with van der Waals surface area (Å²) < 4.78 is 21.9. The first kappa shape index (κ1) is 8.94. The maximum absolute atomic E-state index is 11.0. The van der Waals surface area contributed by atoms with Gasteiger partial charge >= 0.3 is 10.0 Å². The molecule has 0 fully saturated rings. The second-order valence-electron chi connectivity index (χ2n) is 1.78. The van der Waals surface area contributed by atoms with Crippen LogP contribution in [0.1, 0.15) is 0 Å². The molecular weight excluding hydrogens is 204 g/mol. The molecule has 0 spiro atoms. The highest BCUT2D eigenvalue weighted by molar-refractivity contribution is 7.91. The van der Waals surface area contributed by atoms with E-state index in [2.05, 4.69) is 0 Å². The van der Waals surface area contributed by atoms with Gasteiger partial charge < -0.3 is 0 Å². The van der Waals surface area contributed by atoms with E-state index < -0.39 is 15.1 Å². The number of nitrogens with one attached hydrogen (secondary N) is 1. The molecule has 0 saturated carbocycles. The van der Waals surface area contributed by atoms with Gasteiger partial charge in [0.1, 0.15) is 4.21 Å². The maximum Gasteiger partial charge on any atom is 0.320 e. The van der Waals surface area contributed by atoms with Crippen molar-refractivity contribution < 1.29 is 13.5 Å². The lowest BCUT2D eigenvalue weighted by molar-refractivity contribution is -0.518. The molecule has 1 heterocycles. The predicted octanol–water partition coefficient (Wildman–Crippen LogP) is 0.218. The molecule has 1 rings (SSSR count). The van der Waals surface area contributed by atoms with E-state index in [0.717, 1.165) is 11.3 Å². The summed E-state index contributed by atoms with van der Waals surface area (Å²) in [6.45, 7) is 0. The average Bonchev–Trinajstić information content (AvgIpc) is 2.32. The third-order valence-electron chi connectivity index (χ3n) is 0.955. The molecule has 0 saturated heterocycles. The lowest BCUT2D eigenvalue weighted by Gasteiger charge is -1.94. The van der Waals surface area contributed by atoms with Gasteiger partial charge in [-0.3, -0.25) is 0 Å². The topological polar surface area (TPSA) is 89.3 Å². The van der Waals surface area contributed by atoms with Crippen LogP contribution in [0.3, 0.4) is 0 Å². The summed E-state index contributed by atoms with van der Waals surface area (Å²) in [5, 5.41) is 10.3. The minimum atomic E-state index is -3.95. The summed E-state index contributed by atoms with van der Waals surface area (Å²) in [5.74, 6) is 0. The van der Waals surface area contributed by atoms with Crippen molar-refractivity contribution in [3.8, 4) is 0 Å². The Kier molecular flexibility index (Phi) is 2.29. The SMILES string of the molecule is O=[N+]([O-])NS(=O)(=O)c1cccs1. The minimum Gasteiger partial charge on any atom is -0.234 e. The lowest BCUT2D eigenvalue weighted by atomic mass is 10.7. The normalized spacial score (nSPS) is 11.0. The third kappa shape index (κ3) is 1.92. The quantitative estimate of drug-likeness (QED) is 0.568. The van der Waals surface area contributed by atoms with Gasteiger partial charge in [0.2, 0.25) is 0 Å². The van der Waals surface area contributed by atoms with Gasteiger partial charge in [-0.1, -0.05) is 6.07 Å². The number of thiophene rings is 1. The zero-order valence-electron chi connectivity index (χ0n) is 5.63. The fourth-order valence-electron chi connectivity index (χ4n) is 0.560. The van der Waals surface area contributed by atoms with Gasteiger partial charge in [0, 0.05) is 0 Å². The largest absolute Gasteiger partial charge is 0.320 e. The van der Waals surface area contributed by atoms with Crippen molar-refractivity contribution in [2.75, 3.05) is 0 Å². The van der Waals surface area contributed by atoms with Gasteiger partial charge in [0.15, 0.2) is 5.03 Å². The molecule has 1 aromatic rings. The van der Waals surface area contributed by atoms with Crippen LogP contribution in [0.15, 0.2) is 21.7 Å². The summed E-state index contributed by atoms with van der Waals surface area (Å²) in [4.78, 5) is 11.1. The number of nitrogens with zero attached hydrogens (tertiary/aromatic N) is 1. The minimum absolute atomic E-state index is 0.0702. The van der Waals surface area contributed by atoms with Crippen LogP contribution in [0.4, 0.5) is 0 Å². The Hall–Kier alpha value is -1.15. The summed E-state index contributed by atoms with van der Waals surface area (Å²) in [7, 11) is -3.95. The second-order valence-corrected chi connectivity index (χ2v) is 4.62. The Morgan fingerprint density at radius 2 is 2.25 bits per heavy atom. The van der Waals surface area contributed by atoms with Crippen LogP contribution < -0.4 is 4.83 Å². The molecular formula is C4H4N2O4S2. The Morgan fingerprint density at radius 3 is 2.67 bits per heavy atom. The zero-order valence-corrected chi connectivity index (χ0v) is 7.26. The van der Waals surface area contributed by atoms with E-state index in [1.54, 1.807) is 0 Å². The highest BCUT2D eigenvalue weighted by Crippen LogP contribution is 2.14. The molecule has 0 bridgehead atoms. The molecule has 1 aromatic heterocycles. The number of hydrogen-bond donors (Lipinski definition) is 1. The van der Waals surface area contributed by atoms with Crippen molar-refractivity contribution in [1.29, 1.82) is 0 Å². The molecule has 0 amide bonds. The second kappa shape index (κ2) is 3.07. The van der Waals surface area contributed by atoms with Crippen LogP contribution in [0.2, 0.25) is 0 Å². The van der Waals surface area contributed by atoms with Crippen LogP contribution in [-0.2, 0) is 10.0 Å². The third-order valence-corrected chi connectivity index (χ3v) is 3.62. The Morgan fingerprint density at radius 1 is 1.58 bits per heavy atom. The number of sulfonamides is 1. The summed E-state index contributed by atoms with van der Waals surface area (Å²) >= 11 is 0.917. The number of hydrogen-bond acceptors (Lipinski definition) is 5. The molecule has 0 radical (unpaired) electrons. The van der Waals surface area contributed by atoms with Gasteiger partial charge in [-0.05, 0) is 16.3 Å². The molecule has 66 valence electrons. The van der Waals surface area contributed by atoms with Gasteiger partial charge in [0.05, 0.1) is 0 Å². The molecule has 0 atom stereocenters. The van der Waals surface area contributed by atoms with E-state index >= 15 is 0 Å². The smallest absolute Gasteiger partial charge is 0.234 e. The molecule has 12 heavy (non-hydrogen) atoms. The zero-order chi connectivity index (χ0) is 9.19. The van der Waals surface area contributed by atoms with Gasteiger partial charge in [0.25, 0.3) is 0 Å². The first-order chi connectivity index (χ1) is 5.52. The van der Waals surface area contributed by atoms with Gasteiger partial charge in [-0.15, -0.1) is 11.3 Å². The molecule has 0 aliphatic rings. The van der Waals surface area contributed by atoms with E-state index in [9.17, 15) is 18.5 Å². The molecule has 1 N–H and O–H groups in total. The van der Waals surface area contributed by atoms with Crippen LogP contribution in [0.25, 0.3) is 0 Å². The predicted molar refractivity (Wildman–Crippen MR) is 41.6 cm³/mol. The first-order valence-electron chi connectivity index (χ1n) is 2.73. The standard InChI is InChI=1S/C4H4N2O4S2/c7-6(8)5-12(9,10)4-2-1-3-11-4/h1-3,5H. The molecule has 0 aliphatic carbocycles. The summed E-state index contributed by atoms with van der Waals surface area (Å²) in [6.07, 6.45) is 0. The highest BCUT2D eigenvalue weighted by Gasteiger charge is 2.19. The summed E-state index contributed by atoms with van der Waals surface area (Å²) in [5.41, 5.74) is 0. The van der Waals surface area contributed by atoms with Crippen molar-refractivity contribution in [2.45, 2.75) is 4.21 Å². The highest BCUT2D eigenvalue weighted by atomic mass is 32.2. The van der Waals surface area contributed by atoms with E-state index in [0.29, 0.717) is 0 Å². The van der Waals surface area contributed by atoms with E-state index in [-0.39, 0.29) is 4.21 Å². The van der Waals surface area contributed by atoms with Crippen molar-refractivity contribution in [3.63, 3.8) is 0 Å². The van der Waals surface area contributed by atoms with Crippen LogP contribution in [-0.4, -0.2) is 13.5 Å². The number of hydrazine groups is 1.